The molecule has 4 nitrogen and oxygen atoms in total. The number of halogens is 2. The Hall–Kier alpha value is -0.690. The van der Waals surface area contributed by atoms with Crippen LogP contribution >= 0.6 is 11.6 Å². The molecule has 0 saturated carbocycles. The van der Waals surface area contributed by atoms with Gasteiger partial charge in [0.25, 0.3) is 0 Å². The number of morpholine rings is 1. The van der Waals surface area contributed by atoms with Gasteiger partial charge in [-0.25, -0.2) is 12.8 Å². The molecule has 1 heterocycles. The minimum Gasteiger partial charge on any atom is -0.370 e. The molecule has 2 rings (SSSR count). The van der Waals surface area contributed by atoms with E-state index in [9.17, 15) is 12.8 Å². The molecule has 1 saturated heterocycles. The average molecular weight is 336 g/mol. The van der Waals surface area contributed by atoms with E-state index >= 15 is 0 Å². The van der Waals surface area contributed by atoms with Gasteiger partial charge in [0.05, 0.1) is 22.5 Å². The topological polar surface area (TPSA) is 46.6 Å². The molecule has 0 aliphatic carbocycles. The second-order valence-electron chi connectivity index (χ2n) is 5.87. The zero-order chi connectivity index (χ0) is 15.8. The van der Waals surface area contributed by atoms with E-state index in [1.54, 1.807) is 0 Å². The molecule has 21 heavy (non-hydrogen) atoms. The maximum absolute atomic E-state index is 13.5. The van der Waals surface area contributed by atoms with Crippen LogP contribution in [0.1, 0.15) is 26.3 Å². The number of hydrogen-bond acceptors (Lipinski definition) is 3. The van der Waals surface area contributed by atoms with Crippen molar-refractivity contribution in [3.63, 3.8) is 0 Å². The standard InChI is InChI=1S/C14H19ClFNO3S/c1-10-8-17(9-14(2,3)20-10)21(18,19)12-4-5-13(16)11(6-12)7-15/h4-6,10H,7-9H2,1-3H3. The van der Waals surface area contributed by atoms with Crippen LogP contribution in [0.5, 0.6) is 0 Å². The summed E-state index contributed by atoms with van der Waals surface area (Å²) in [5.41, 5.74) is -0.376. The number of ether oxygens (including phenoxy) is 1. The van der Waals surface area contributed by atoms with Crippen LogP contribution in [0.25, 0.3) is 0 Å². The molecule has 1 aromatic carbocycles. The zero-order valence-electron chi connectivity index (χ0n) is 12.3. The third-order valence-electron chi connectivity index (χ3n) is 3.34. The summed E-state index contributed by atoms with van der Waals surface area (Å²) >= 11 is 5.64. The first-order valence-corrected chi connectivity index (χ1v) is 8.65. The summed E-state index contributed by atoms with van der Waals surface area (Å²) in [5.74, 6) is -0.570. The van der Waals surface area contributed by atoms with E-state index in [4.69, 9.17) is 16.3 Å². The van der Waals surface area contributed by atoms with E-state index in [0.29, 0.717) is 0 Å². The van der Waals surface area contributed by atoms with Crippen LogP contribution in [0.15, 0.2) is 23.1 Å². The van der Waals surface area contributed by atoms with Crippen molar-refractivity contribution in [2.75, 3.05) is 13.1 Å². The Morgan fingerprint density at radius 2 is 2.14 bits per heavy atom. The van der Waals surface area contributed by atoms with Crippen molar-refractivity contribution >= 4 is 21.6 Å². The largest absolute Gasteiger partial charge is 0.370 e. The first-order valence-electron chi connectivity index (χ1n) is 6.68. The third kappa shape index (κ3) is 3.56. The molecular weight excluding hydrogens is 317 g/mol. The Labute approximate surface area is 129 Å². The van der Waals surface area contributed by atoms with E-state index in [-0.39, 0.29) is 35.5 Å². The lowest BCUT2D eigenvalue weighted by Crippen LogP contribution is -2.53. The fraction of sp³-hybridized carbons (Fsp3) is 0.571. The highest BCUT2D eigenvalue weighted by Crippen LogP contribution is 2.27. The Morgan fingerprint density at radius 3 is 2.71 bits per heavy atom. The van der Waals surface area contributed by atoms with Crippen molar-refractivity contribution < 1.29 is 17.5 Å². The molecule has 1 unspecified atom stereocenters. The van der Waals surface area contributed by atoms with Gasteiger partial charge in [-0.1, -0.05) is 0 Å². The molecule has 1 aliphatic rings. The van der Waals surface area contributed by atoms with Crippen LogP contribution in [0.4, 0.5) is 4.39 Å². The lowest BCUT2D eigenvalue weighted by molar-refractivity contribution is -0.109. The van der Waals surface area contributed by atoms with Crippen molar-refractivity contribution in [1.82, 2.24) is 4.31 Å². The van der Waals surface area contributed by atoms with Gasteiger partial charge in [0.15, 0.2) is 0 Å². The molecule has 0 spiro atoms. The molecule has 7 heteroatoms. The molecule has 0 aromatic heterocycles. The van der Waals surface area contributed by atoms with E-state index in [1.165, 1.54) is 16.4 Å². The molecule has 1 fully saturated rings. The SMILES string of the molecule is CC1CN(S(=O)(=O)c2ccc(F)c(CCl)c2)CC(C)(C)O1. The number of rotatable bonds is 3. The highest BCUT2D eigenvalue weighted by molar-refractivity contribution is 7.89. The molecule has 1 atom stereocenters. The van der Waals surface area contributed by atoms with E-state index < -0.39 is 21.4 Å². The molecule has 0 amide bonds. The van der Waals surface area contributed by atoms with Crippen LogP contribution in [-0.2, 0) is 20.6 Å². The highest BCUT2D eigenvalue weighted by atomic mass is 35.5. The molecule has 118 valence electrons. The van der Waals surface area contributed by atoms with Crippen LogP contribution in [0, 0.1) is 5.82 Å². The summed E-state index contributed by atoms with van der Waals surface area (Å²) in [6.07, 6.45) is -0.198. The predicted octanol–water partition coefficient (Wildman–Crippen LogP) is 2.75. The Balaban J connectivity index is 2.37. The number of nitrogens with zero attached hydrogens (tertiary/aromatic N) is 1. The van der Waals surface area contributed by atoms with Gasteiger partial charge < -0.3 is 4.74 Å². The summed E-state index contributed by atoms with van der Waals surface area (Å²) in [4.78, 5) is 0.0597. The summed E-state index contributed by atoms with van der Waals surface area (Å²) in [5, 5.41) is 0. The normalized spacial score (nSPS) is 23.2. The first-order chi connectivity index (χ1) is 9.65. The number of sulfonamides is 1. The lowest BCUT2D eigenvalue weighted by Gasteiger charge is -2.40. The lowest BCUT2D eigenvalue weighted by atomic mass is 10.1. The van der Waals surface area contributed by atoms with Gasteiger partial charge >= 0.3 is 0 Å². The van der Waals surface area contributed by atoms with Gasteiger partial charge in [-0.2, -0.15) is 4.31 Å². The number of hydrogen-bond donors (Lipinski definition) is 0. The maximum atomic E-state index is 13.5. The summed E-state index contributed by atoms with van der Waals surface area (Å²) in [6, 6.07) is 3.71. The second-order valence-corrected chi connectivity index (χ2v) is 8.08. The molecule has 1 aromatic rings. The van der Waals surface area contributed by atoms with Gasteiger partial charge in [0, 0.05) is 18.7 Å². The van der Waals surface area contributed by atoms with Crippen molar-refractivity contribution in [2.24, 2.45) is 0 Å². The smallest absolute Gasteiger partial charge is 0.243 e. The van der Waals surface area contributed by atoms with Crippen molar-refractivity contribution in [3.8, 4) is 0 Å². The van der Waals surface area contributed by atoms with Gasteiger partial charge in [0.1, 0.15) is 5.82 Å². The van der Waals surface area contributed by atoms with Crippen LogP contribution < -0.4 is 0 Å². The maximum Gasteiger partial charge on any atom is 0.243 e. The Bertz CT molecular complexity index is 633. The second kappa shape index (κ2) is 5.83. The fourth-order valence-corrected chi connectivity index (χ4v) is 4.46. The van der Waals surface area contributed by atoms with E-state index in [0.717, 1.165) is 6.07 Å². The monoisotopic (exact) mass is 335 g/mol. The minimum absolute atomic E-state index is 0.0597. The summed E-state index contributed by atoms with van der Waals surface area (Å²) in [6.45, 7) is 6.06. The molecule has 0 radical (unpaired) electrons. The fourth-order valence-electron chi connectivity index (χ4n) is 2.54. The number of alkyl halides is 1. The van der Waals surface area contributed by atoms with E-state index in [2.05, 4.69) is 0 Å². The Morgan fingerprint density at radius 1 is 1.48 bits per heavy atom. The third-order valence-corrected chi connectivity index (χ3v) is 5.43. The van der Waals surface area contributed by atoms with Crippen molar-refractivity contribution in [1.29, 1.82) is 0 Å². The Kier molecular flexibility index (Phi) is 4.63. The molecule has 1 aliphatic heterocycles. The van der Waals surface area contributed by atoms with Crippen LogP contribution in [-0.4, -0.2) is 37.5 Å². The van der Waals surface area contributed by atoms with Crippen molar-refractivity contribution in [3.05, 3.63) is 29.6 Å². The number of benzene rings is 1. The van der Waals surface area contributed by atoms with Gasteiger partial charge in [-0.15, -0.1) is 11.6 Å². The minimum atomic E-state index is -3.69. The average Bonchev–Trinajstić information content (AvgIpc) is 2.36. The van der Waals surface area contributed by atoms with Gasteiger partial charge in [-0.05, 0) is 39.0 Å². The van der Waals surface area contributed by atoms with Crippen molar-refractivity contribution in [2.45, 2.75) is 43.3 Å². The van der Waals surface area contributed by atoms with E-state index in [1.807, 2.05) is 20.8 Å². The molecule has 0 N–H and O–H groups in total. The predicted molar refractivity (Wildman–Crippen MR) is 79.3 cm³/mol. The van der Waals surface area contributed by atoms with Crippen LogP contribution in [0.2, 0.25) is 0 Å². The van der Waals surface area contributed by atoms with Crippen LogP contribution in [0.3, 0.4) is 0 Å². The van der Waals surface area contributed by atoms with Gasteiger partial charge in [0.2, 0.25) is 10.0 Å². The molecule has 0 bridgehead atoms. The quantitative estimate of drug-likeness (QED) is 0.798. The first kappa shape index (κ1) is 16.7. The molecular formula is C14H19ClFNO3S. The highest BCUT2D eigenvalue weighted by Gasteiger charge is 2.38. The zero-order valence-corrected chi connectivity index (χ0v) is 13.8. The van der Waals surface area contributed by atoms with Gasteiger partial charge in [-0.3, -0.25) is 0 Å². The summed E-state index contributed by atoms with van der Waals surface area (Å²) in [7, 11) is -3.69. The summed E-state index contributed by atoms with van der Waals surface area (Å²) < 4.78 is 46.0.